The van der Waals surface area contributed by atoms with Crippen molar-refractivity contribution in [1.82, 2.24) is 10.2 Å². The third kappa shape index (κ3) is 5.79. The van der Waals surface area contributed by atoms with E-state index in [4.69, 9.17) is 9.47 Å². The lowest BCUT2D eigenvalue weighted by Gasteiger charge is -2.29. The molecule has 1 aliphatic heterocycles. The number of fused-ring (bicyclic) bond motifs is 1. The van der Waals surface area contributed by atoms with Crippen molar-refractivity contribution >= 4 is 23.3 Å². The molecule has 2 aromatic carbocycles. The highest BCUT2D eigenvalue weighted by molar-refractivity contribution is 6.04. The van der Waals surface area contributed by atoms with E-state index in [9.17, 15) is 23.2 Å². The van der Waals surface area contributed by atoms with Gasteiger partial charge in [-0.05, 0) is 44.4 Å². The SMILES string of the molecule is CN(C)CCNC(=O)CN1C(=O)COc2ccc(C(=O)COc3ccc(F)cc3F)cc21. The average Bonchev–Trinajstić information content (AvgIpc) is 2.74. The van der Waals surface area contributed by atoms with E-state index >= 15 is 0 Å². The van der Waals surface area contributed by atoms with Crippen LogP contribution in [0.1, 0.15) is 10.4 Å². The van der Waals surface area contributed by atoms with Gasteiger partial charge in [-0.1, -0.05) is 0 Å². The maximum absolute atomic E-state index is 13.7. The van der Waals surface area contributed by atoms with E-state index in [1.165, 1.54) is 23.1 Å². The van der Waals surface area contributed by atoms with Crippen LogP contribution in [0.15, 0.2) is 36.4 Å². The van der Waals surface area contributed by atoms with Crippen LogP contribution in [0.25, 0.3) is 0 Å². The number of nitrogens with one attached hydrogen (secondary N) is 1. The van der Waals surface area contributed by atoms with Gasteiger partial charge >= 0.3 is 0 Å². The quantitative estimate of drug-likeness (QED) is 0.588. The van der Waals surface area contributed by atoms with Crippen molar-refractivity contribution in [2.24, 2.45) is 0 Å². The van der Waals surface area contributed by atoms with E-state index < -0.39 is 29.9 Å². The number of Topliss-reactive ketones (excluding diaryl/α,β-unsaturated/α-hetero) is 1. The zero-order chi connectivity index (χ0) is 23.3. The van der Waals surface area contributed by atoms with Crippen LogP contribution < -0.4 is 19.7 Å². The Morgan fingerprint density at radius 2 is 1.97 bits per heavy atom. The molecular formula is C22H23F2N3O5. The zero-order valence-electron chi connectivity index (χ0n) is 17.7. The molecule has 170 valence electrons. The molecule has 1 heterocycles. The second kappa shape index (κ2) is 10.2. The predicted molar refractivity (Wildman–Crippen MR) is 112 cm³/mol. The monoisotopic (exact) mass is 447 g/mol. The van der Waals surface area contributed by atoms with Crippen LogP contribution in [0.2, 0.25) is 0 Å². The predicted octanol–water partition coefficient (Wildman–Crippen LogP) is 1.63. The van der Waals surface area contributed by atoms with Crippen molar-refractivity contribution in [3.05, 3.63) is 53.6 Å². The van der Waals surface area contributed by atoms with E-state index in [1.807, 2.05) is 19.0 Å². The molecule has 0 saturated carbocycles. The van der Waals surface area contributed by atoms with Crippen molar-refractivity contribution < 1.29 is 32.6 Å². The molecule has 3 rings (SSSR count). The lowest BCUT2D eigenvalue weighted by atomic mass is 10.1. The van der Waals surface area contributed by atoms with Gasteiger partial charge in [-0.25, -0.2) is 8.78 Å². The van der Waals surface area contributed by atoms with Gasteiger partial charge in [-0.2, -0.15) is 0 Å². The normalized spacial score (nSPS) is 12.9. The maximum atomic E-state index is 13.7. The number of anilines is 1. The van der Waals surface area contributed by atoms with Gasteiger partial charge in [0.1, 0.15) is 18.1 Å². The highest BCUT2D eigenvalue weighted by Gasteiger charge is 2.28. The minimum atomic E-state index is -0.923. The fourth-order valence-corrected chi connectivity index (χ4v) is 2.99. The fourth-order valence-electron chi connectivity index (χ4n) is 2.99. The van der Waals surface area contributed by atoms with Gasteiger partial charge in [0.25, 0.3) is 5.91 Å². The van der Waals surface area contributed by atoms with E-state index in [2.05, 4.69) is 5.32 Å². The van der Waals surface area contributed by atoms with Crippen molar-refractivity contribution in [2.45, 2.75) is 0 Å². The van der Waals surface area contributed by atoms with Gasteiger partial charge in [-0.15, -0.1) is 0 Å². The topological polar surface area (TPSA) is 88.2 Å². The number of amides is 2. The third-order valence-corrected chi connectivity index (χ3v) is 4.66. The molecule has 2 aromatic rings. The van der Waals surface area contributed by atoms with Crippen molar-refractivity contribution in [3.63, 3.8) is 0 Å². The first-order valence-corrected chi connectivity index (χ1v) is 9.84. The first-order chi connectivity index (χ1) is 15.2. The number of halogens is 2. The molecule has 0 atom stereocenters. The summed E-state index contributed by atoms with van der Waals surface area (Å²) in [5.41, 5.74) is 0.463. The molecule has 1 N–H and O–H groups in total. The Balaban J connectivity index is 1.70. The number of hydrogen-bond acceptors (Lipinski definition) is 6. The first-order valence-electron chi connectivity index (χ1n) is 9.84. The molecular weight excluding hydrogens is 424 g/mol. The molecule has 0 bridgehead atoms. The minimum absolute atomic E-state index is 0.183. The molecule has 0 unspecified atom stereocenters. The summed E-state index contributed by atoms with van der Waals surface area (Å²) in [7, 11) is 3.75. The lowest BCUT2D eigenvalue weighted by Crippen LogP contribution is -2.46. The van der Waals surface area contributed by atoms with Gasteiger partial charge in [0.15, 0.2) is 30.6 Å². The van der Waals surface area contributed by atoms with Gasteiger partial charge in [0.2, 0.25) is 5.91 Å². The molecule has 0 aliphatic carbocycles. The van der Waals surface area contributed by atoms with Gasteiger partial charge < -0.3 is 19.7 Å². The number of hydrogen-bond donors (Lipinski definition) is 1. The Morgan fingerprint density at radius 3 is 2.69 bits per heavy atom. The van der Waals surface area contributed by atoms with Crippen molar-refractivity contribution in [2.75, 3.05) is 51.8 Å². The number of nitrogens with zero attached hydrogens (tertiary/aromatic N) is 2. The molecule has 32 heavy (non-hydrogen) atoms. The lowest BCUT2D eigenvalue weighted by molar-refractivity contribution is -0.125. The van der Waals surface area contributed by atoms with Crippen LogP contribution in [0.4, 0.5) is 14.5 Å². The van der Waals surface area contributed by atoms with E-state index in [-0.39, 0.29) is 36.1 Å². The Bertz CT molecular complexity index is 1030. The molecule has 0 saturated heterocycles. The van der Waals surface area contributed by atoms with Crippen LogP contribution in [-0.2, 0) is 9.59 Å². The molecule has 0 spiro atoms. The van der Waals surface area contributed by atoms with Gasteiger partial charge in [0, 0.05) is 24.7 Å². The average molecular weight is 447 g/mol. The molecule has 0 radical (unpaired) electrons. The molecule has 8 nitrogen and oxygen atoms in total. The second-order valence-electron chi connectivity index (χ2n) is 7.39. The van der Waals surface area contributed by atoms with Gasteiger partial charge in [-0.3, -0.25) is 19.3 Å². The van der Waals surface area contributed by atoms with Crippen LogP contribution >= 0.6 is 0 Å². The number of benzene rings is 2. The molecule has 0 aromatic heterocycles. The summed E-state index contributed by atoms with van der Waals surface area (Å²) in [5, 5.41) is 2.73. The molecule has 2 amide bonds. The van der Waals surface area contributed by atoms with Crippen LogP contribution in [0.5, 0.6) is 11.5 Å². The Morgan fingerprint density at radius 1 is 1.19 bits per heavy atom. The summed E-state index contributed by atoms with van der Waals surface area (Å²) in [6.45, 7) is 0.122. The maximum Gasteiger partial charge on any atom is 0.265 e. The summed E-state index contributed by atoms with van der Waals surface area (Å²) in [4.78, 5) is 40.3. The summed E-state index contributed by atoms with van der Waals surface area (Å²) in [6, 6.07) is 7.19. The number of carbonyl (C=O) groups is 3. The summed E-state index contributed by atoms with van der Waals surface area (Å²) in [6.07, 6.45) is 0. The summed E-state index contributed by atoms with van der Waals surface area (Å²) >= 11 is 0. The second-order valence-corrected chi connectivity index (χ2v) is 7.39. The fraction of sp³-hybridized carbons (Fsp3) is 0.318. The first kappa shape index (κ1) is 23.1. The highest BCUT2D eigenvalue weighted by Crippen LogP contribution is 2.33. The van der Waals surface area contributed by atoms with E-state index in [0.29, 0.717) is 24.9 Å². The molecule has 10 heteroatoms. The Labute approximate surface area is 183 Å². The van der Waals surface area contributed by atoms with Gasteiger partial charge in [0.05, 0.1) is 5.69 Å². The largest absolute Gasteiger partial charge is 0.482 e. The standard InChI is InChI=1S/C22H23F2N3O5/c1-26(2)8-7-25-21(29)11-27-17-9-14(3-5-20(17)32-13-22(27)30)18(28)12-31-19-6-4-15(23)10-16(19)24/h3-6,9-10H,7-8,11-13H2,1-2H3,(H,25,29). The Hall–Kier alpha value is -3.53. The Kier molecular flexibility index (Phi) is 7.37. The number of likely N-dealkylation sites (N-methyl/N-ethyl adjacent to an activating group) is 1. The minimum Gasteiger partial charge on any atom is -0.482 e. The van der Waals surface area contributed by atoms with Crippen LogP contribution in [0, 0.1) is 11.6 Å². The number of ketones is 1. The number of ether oxygens (including phenoxy) is 2. The summed E-state index contributed by atoms with van der Waals surface area (Å²) in [5.74, 6) is -2.85. The highest BCUT2D eigenvalue weighted by atomic mass is 19.1. The van der Waals surface area contributed by atoms with Crippen molar-refractivity contribution in [3.8, 4) is 11.5 Å². The molecule has 1 aliphatic rings. The number of carbonyl (C=O) groups excluding carboxylic acids is 3. The third-order valence-electron chi connectivity index (χ3n) is 4.66. The smallest absolute Gasteiger partial charge is 0.265 e. The van der Waals surface area contributed by atoms with E-state index in [1.54, 1.807) is 0 Å². The summed E-state index contributed by atoms with van der Waals surface area (Å²) < 4.78 is 37.2. The van der Waals surface area contributed by atoms with Crippen molar-refractivity contribution in [1.29, 1.82) is 0 Å². The van der Waals surface area contributed by atoms with E-state index in [0.717, 1.165) is 12.1 Å². The van der Waals surface area contributed by atoms with Crippen LogP contribution in [0.3, 0.4) is 0 Å². The number of rotatable bonds is 9. The zero-order valence-corrected chi connectivity index (χ0v) is 17.7. The molecule has 0 fully saturated rings. The van der Waals surface area contributed by atoms with Crippen LogP contribution in [-0.4, -0.2) is 69.4 Å².